The lowest BCUT2D eigenvalue weighted by Crippen LogP contribution is -2.22. The summed E-state index contributed by atoms with van der Waals surface area (Å²) in [5, 5.41) is 0. The van der Waals surface area contributed by atoms with E-state index >= 15 is 0 Å². The quantitative estimate of drug-likeness (QED) is 0.830. The molecule has 0 aliphatic heterocycles. The van der Waals surface area contributed by atoms with Crippen LogP contribution in [0, 0.1) is 5.82 Å². The summed E-state index contributed by atoms with van der Waals surface area (Å²) in [5.41, 5.74) is 6.76. The molecule has 0 amide bonds. The summed E-state index contributed by atoms with van der Waals surface area (Å²) in [6.45, 7) is 0.447. The van der Waals surface area contributed by atoms with Crippen LogP contribution in [-0.2, 0) is 4.74 Å². The second-order valence-corrected chi connectivity index (χ2v) is 5.03. The van der Waals surface area contributed by atoms with Crippen molar-refractivity contribution in [2.24, 2.45) is 5.73 Å². The molecule has 0 spiro atoms. The number of hydrogen-bond acceptors (Lipinski definition) is 2. The van der Waals surface area contributed by atoms with Crippen LogP contribution in [0.4, 0.5) is 4.39 Å². The number of rotatable bonds is 4. The summed E-state index contributed by atoms with van der Waals surface area (Å²) in [7, 11) is 0. The Morgan fingerprint density at radius 2 is 1.72 bits per heavy atom. The van der Waals surface area contributed by atoms with Gasteiger partial charge in [0.15, 0.2) is 0 Å². The van der Waals surface area contributed by atoms with Gasteiger partial charge >= 0.3 is 0 Å². The lowest BCUT2D eigenvalue weighted by Gasteiger charge is -2.23. The fourth-order valence-corrected chi connectivity index (χ4v) is 2.56. The molecule has 0 heterocycles. The van der Waals surface area contributed by atoms with Crippen molar-refractivity contribution in [1.82, 2.24) is 0 Å². The fraction of sp³-hybridized carbons (Fsp3) is 0.600. The standard InChI is InChI=1S/C15H22FNO/c16-13-9-7-12(8-10-13)15(11-17)18-14-5-3-1-2-4-6-14/h7-10,14-15H,1-6,11,17H2. The van der Waals surface area contributed by atoms with Crippen molar-refractivity contribution in [3.05, 3.63) is 35.6 Å². The van der Waals surface area contributed by atoms with E-state index in [2.05, 4.69) is 0 Å². The third-order valence-electron chi connectivity index (χ3n) is 3.61. The average molecular weight is 251 g/mol. The third-order valence-corrected chi connectivity index (χ3v) is 3.61. The molecule has 1 atom stereocenters. The van der Waals surface area contributed by atoms with E-state index in [1.54, 1.807) is 12.1 Å². The molecule has 1 aliphatic carbocycles. The zero-order valence-electron chi connectivity index (χ0n) is 10.8. The number of halogens is 1. The Morgan fingerprint density at radius 3 is 2.28 bits per heavy atom. The van der Waals surface area contributed by atoms with Crippen molar-refractivity contribution in [1.29, 1.82) is 0 Å². The highest BCUT2D eigenvalue weighted by Crippen LogP contribution is 2.26. The molecule has 0 saturated heterocycles. The average Bonchev–Trinajstić information content (AvgIpc) is 2.66. The maximum Gasteiger partial charge on any atom is 0.123 e. The molecule has 100 valence electrons. The lowest BCUT2D eigenvalue weighted by atomic mass is 10.1. The number of hydrogen-bond donors (Lipinski definition) is 1. The van der Waals surface area contributed by atoms with Crippen LogP contribution >= 0.6 is 0 Å². The molecule has 0 radical (unpaired) electrons. The predicted octanol–water partition coefficient (Wildman–Crippen LogP) is 3.56. The van der Waals surface area contributed by atoms with Gasteiger partial charge in [-0.3, -0.25) is 0 Å². The minimum Gasteiger partial charge on any atom is -0.369 e. The Hall–Kier alpha value is -0.930. The van der Waals surface area contributed by atoms with Crippen LogP contribution < -0.4 is 5.73 Å². The van der Waals surface area contributed by atoms with E-state index in [-0.39, 0.29) is 11.9 Å². The third kappa shape index (κ3) is 3.79. The van der Waals surface area contributed by atoms with Crippen molar-refractivity contribution in [3.8, 4) is 0 Å². The molecule has 1 unspecified atom stereocenters. The maximum atomic E-state index is 12.9. The Morgan fingerprint density at radius 1 is 1.11 bits per heavy atom. The minimum absolute atomic E-state index is 0.103. The molecule has 0 bridgehead atoms. The van der Waals surface area contributed by atoms with Crippen LogP contribution in [-0.4, -0.2) is 12.6 Å². The molecular weight excluding hydrogens is 229 g/mol. The highest BCUT2D eigenvalue weighted by Gasteiger charge is 2.18. The van der Waals surface area contributed by atoms with Gasteiger partial charge in [0.05, 0.1) is 12.2 Å². The van der Waals surface area contributed by atoms with E-state index in [4.69, 9.17) is 10.5 Å². The van der Waals surface area contributed by atoms with Crippen LogP contribution in [0.15, 0.2) is 24.3 Å². The summed E-state index contributed by atoms with van der Waals surface area (Å²) >= 11 is 0. The lowest BCUT2D eigenvalue weighted by molar-refractivity contribution is -0.0161. The molecule has 2 nitrogen and oxygen atoms in total. The molecule has 1 aliphatic rings. The van der Waals surface area contributed by atoms with E-state index in [9.17, 15) is 4.39 Å². The summed E-state index contributed by atoms with van der Waals surface area (Å²) in [6, 6.07) is 6.47. The largest absolute Gasteiger partial charge is 0.369 e. The van der Waals surface area contributed by atoms with Crippen molar-refractivity contribution in [2.45, 2.75) is 50.7 Å². The van der Waals surface area contributed by atoms with Crippen molar-refractivity contribution >= 4 is 0 Å². The molecule has 1 aromatic carbocycles. The zero-order valence-corrected chi connectivity index (χ0v) is 10.8. The normalized spacial score (nSPS) is 19.4. The zero-order chi connectivity index (χ0) is 12.8. The SMILES string of the molecule is NCC(OC1CCCCCC1)c1ccc(F)cc1. The Kier molecular flexibility index (Phi) is 5.14. The van der Waals surface area contributed by atoms with Crippen molar-refractivity contribution in [3.63, 3.8) is 0 Å². The summed E-state index contributed by atoms with van der Waals surface area (Å²) in [6.07, 6.45) is 7.55. The summed E-state index contributed by atoms with van der Waals surface area (Å²) < 4.78 is 19.0. The van der Waals surface area contributed by atoms with E-state index in [1.807, 2.05) is 0 Å². The summed E-state index contributed by atoms with van der Waals surface area (Å²) in [5.74, 6) is -0.219. The van der Waals surface area contributed by atoms with Gasteiger partial charge in [-0.2, -0.15) is 0 Å². The highest BCUT2D eigenvalue weighted by atomic mass is 19.1. The Balaban J connectivity index is 1.97. The molecule has 2 N–H and O–H groups in total. The first-order chi connectivity index (χ1) is 8.79. The van der Waals surface area contributed by atoms with Gasteiger partial charge in [0, 0.05) is 6.54 Å². The fourth-order valence-electron chi connectivity index (χ4n) is 2.56. The van der Waals surface area contributed by atoms with Gasteiger partial charge in [-0.05, 0) is 30.5 Å². The smallest absolute Gasteiger partial charge is 0.123 e. The number of ether oxygens (including phenoxy) is 1. The predicted molar refractivity (Wildman–Crippen MR) is 70.8 cm³/mol. The Labute approximate surface area is 108 Å². The first kappa shape index (κ1) is 13.5. The van der Waals surface area contributed by atoms with E-state index in [0.29, 0.717) is 12.6 Å². The summed E-state index contributed by atoms with van der Waals surface area (Å²) in [4.78, 5) is 0. The van der Waals surface area contributed by atoms with E-state index in [1.165, 1.54) is 37.8 Å². The van der Waals surface area contributed by atoms with Crippen molar-refractivity contribution < 1.29 is 9.13 Å². The van der Waals surface area contributed by atoms with Gasteiger partial charge < -0.3 is 10.5 Å². The molecular formula is C15H22FNO. The second-order valence-electron chi connectivity index (χ2n) is 5.03. The van der Waals surface area contributed by atoms with E-state index in [0.717, 1.165) is 18.4 Å². The molecule has 18 heavy (non-hydrogen) atoms. The maximum absolute atomic E-state index is 12.9. The second kappa shape index (κ2) is 6.86. The van der Waals surface area contributed by atoms with Gasteiger partial charge in [0.25, 0.3) is 0 Å². The number of benzene rings is 1. The topological polar surface area (TPSA) is 35.2 Å². The highest BCUT2D eigenvalue weighted by molar-refractivity contribution is 5.19. The van der Waals surface area contributed by atoms with Crippen molar-refractivity contribution in [2.75, 3.05) is 6.54 Å². The van der Waals surface area contributed by atoms with Crippen LogP contribution in [0.1, 0.15) is 50.2 Å². The minimum atomic E-state index is -0.219. The number of nitrogens with two attached hydrogens (primary N) is 1. The van der Waals surface area contributed by atoms with E-state index < -0.39 is 0 Å². The van der Waals surface area contributed by atoms with Crippen LogP contribution in [0.3, 0.4) is 0 Å². The molecule has 1 aromatic rings. The van der Waals surface area contributed by atoms with Gasteiger partial charge in [-0.15, -0.1) is 0 Å². The van der Waals surface area contributed by atoms with Crippen LogP contribution in [0.2, 0.25) is 0 Å². The Bertz CT molecular complexity index is 344. The molecule has 3 heteroatoms. The first-order valence-electron chi connectivity index (χ1n) is 6.90. The molecule has 0 aromatic heterocycles. The van der Waals surface area contributed by atoms with Gasteiger partial charge in [0.1, 0.15) is 5.82 Å². The van der Waals surface area contributed by atoms with Crippen LogP contribution in [0.25, 0.3) is 0 Å². The van der Waals surface area contributed by atoms with Gasteiger partial charge in [-0.25, -0.2) is 4.39 Å². The van der Waals surface area contributed by atoms with Crippen LogP contribution in [0.5, 0.6) is 0 Å². The molecule has 1 fully saturated rings. The first-order valence-corrected chi connectivity index (χ1v) is 6.90. The molecule has 2 rings (SSSR count). The monoisotopic (exact) mass is 251 g/mol. The van der Waals surface area contributed by atoms with Gasteiger partial charge in [-0.1, -0.05) is 37.8 Å². The molecule has 1 saturated carbocycles. The van der Waals surface area contributed by atoms with Gasteiger partial charge in [0.2, 0.25) is 0 Å².